The Kier molecular flexibility index (Phi) is 8.10. The molecule has 30 heavy (non-hydrogen) atoms. The zero-order chi connectivity index (χ0) is 21.6. The van der Waals surface area contributed by atoms with Gasteiger partial charge in [0.1, 0.15) is 0 Å². The van der Waals surface area contributed by atoms with Gasteiger partial charge >= 0.3 is 0 Å². The number of hydrogen-bond donors (Lipinski definition) is 1. The minimum Gasteiger partial charge on any atom is -0.379 e. The van der Waals surface area contributed by atoms with Crippen molar-refractivity contribution >= 4 is 16.0 Å². The molecule has 168 valence electrons. The molecule has 1 aliphatic heterocycles. The van der Waals surface area contributed by atoms with Crippen LogP contribution in [-0.2, 0) is 21.3 Å². The van der Waals surface area contributed by atoms with Crippen LogP contribution in [0.5, 0.6) is 0 Å². The molecule has 1 N–H and O–H groups in total. The third kappa shape index (κ3) is 6.16. The average molecular weight is 438 g/mol. The summed E-state index contributed by atoms with van der Waals surface area (Å²) in [4.78, 5) is 8.85. The quantitative estimate of drug-likeness (QED) is 0.354. The van der Waals surface area contributed by atoms with Crippen LogP contribution >= 0.6 is 0 Å². The van der Waals surface area contributed by atoms with E-state index in [1.165, 1.54) is 12.8 Å². The summed E-state index contributed by atoms with van der Waals surface area (Å²) in [6.45, 7) is 5.16. The van der Waals surface area contributed by atoms with Gasteiger partial charge in [0.15, 0.2) is 5.96 Å². The maximum Gasteiger partial charge on any atom is 0.243 e. The van der Waals surface area contributed by atoms with Gasteiger partial charge in [-0.25, -0.2) is 8.42 Å². The number of benzene rings is 1. The minimum atomic E-state index is -3.52. The van der Waals surface area contributed by atoms with Crippen LogP contribution in [0.4, 0.5) is 0 Å². The van der Waals surface area contributed by atoms with Crippen LogP contribution in [-0.4, -0.2) is 95.6 Å². The van der Waals surface area contributed by atoms with Crippen molar-refractivity contribution in [2.45, 2.75) is 24.3 Å². The highest BCUT2D eigenvalue weighted by Crippen LogP contribution is 2.28. The first kappa shape index (κ1) is 23.0. The second-order valence-electron chi connectivity index (χ2n) is 8.16. The van der Waals surface area contributed by atoms with Crippen LogP contribution < -0.4 is 5.32 Å². The van der Waals surface area contributed by atoms with Crippen LogP contribution in [0.1, 0.15) is 18.4 Å². The van der Waals surface area contributed by atoms with Gasteiger partial charge in [-0.2, -0.15) is 4.31 Å². The number of aliphatic imine (C=N–C) groups is 1. The molecule has 0 bridgehead atoms. The Morgan fingerprint density at radius 2 is 1.93 bits per heavy atom. The predicted octanol–water partition coefficient (Wildman–Crippen LogP) is 1.06. The summed E-state index contributed by atoms with van der Waals surface area (Å²) in [6, 6.07) is 7.22. The Bertz CT molecular complexity index is 818. The molecular formula is C21H35N5O3S. The number of hydrogen-bond acceptors (Lipinski definition) is 5. The molecule has 0 amide bonds. The molecular weight excluding hydrogens is 402 g/mol. The Hall–Kier alpha value is -1.68. The van der Waals surface area contributed by atoms with Gasteiger partial charge in [0, 0.05) is 60.0 Å². The van der Waals surface area contributed by atoms with Crippen molar-refractivity contribution in [2.24, 2.45) is 10.9 Å². The van der Waals surface area contributed by atoms with E-state index in [2.05, 4.69) is 15.2 Å². The highest BCUT2D eigenvalue weighted by molar-refractivity contribution is 7.89. The molecule has 0 radical (unpaired) electrons. The first-order chi connectivity index (χ1) is 14.4. The van der Waals surface area contributed by atoms with Gasteiger partial charge in [0.2, 0.25) is 10.0 Å². The van der Waals surface area contributed by atoms with Crippen molar-refractivity contribution in [3.63, 3.8) is 0 Å². The normalized spacial score (nSPS) is 19.1. The monoisotopic (exact) mass is 437 g/mol. The molecule has 1 saturated carbocycles. The van der Waals surface area contributed by atoms with Crippen molar-refractivity contribution in [3.05, 3.63) is 29.8 Å². The van der Waals surface area contributed by atoms with Gasteiger partial charge in [-0.05, 0) is 37.4 Å². The number of guanidine groups is 1. The Morgan fingerprint density at radius 1 is 1.23 bits per heavy atom. The van der Waals surface area contributed by atoms with Crippen molar-refractivity contribution in [3.8, 4) is 0 Å². The van der Waals surface area contributed by atoms with Gasteiger partial charge in [0.05, 0.1) is 11.5 Å². The molecule has 1 aliphatic carbocycles. The van der Waals surface area contributed by atoms with Gasteiger partial charge in [-0.3, -0.25) is 4.99 Å². The van der Waals surface area contributed by atoms with Crippen molar-refractivity contribution in [1.29, 1.82) is 0 Å². The maximum atomic E-state index is 13.2. The zero-order valence-electron chi connectivity index (χ0n) is 18.4. The highest BCUT2D eigenvalue weighted by atomic mass is 32.2. The first-order valence-electron chi connectivity index (χ1n) is 10.7. The molecule has 1 saturated heterocycles. The van der Waals surface area contributed by atoms with Crippen LogP contribution in [0.25, 0.3) is 0 Å². The molecule has 0 spiro atoms. The molecule has 0 atom stereocenters. The van der Waals surface area contributed by atoms with E-state index in [0.717, 1.165) is 43.7 Å². The fourth-order valence-corrected chi connectivity index (χ4v) is 5.11. The van der Waals surface area contributed by atoms with E-state index < -0.39 is 10.0 Å². The van der Waals surface area contributed by atoms with E-state index in [9.17, 15) is 8.42 Å². The summed E-state index contributed by atoms with van der Waals surface area (Å²) < 4.78 is 33.7. The van der Waals surface area contributed by atoms with E-state index in [0.29, 0.717) is 31.1 Å². The van der Waals surface area contributed by atoms with Crippen molar-refractivity contribution < 1.29 is 13.2 Å². The second-order valence-corrected chi connectivity index (χ2v) is 10.1. The van der Waals surface area contributed by atoms with E-state index in [1.807, 2.05) is 31.1 Å². The minimum absolute atomic E-state index is 0.368. The number of piperazine rings is 1. The molecule has 1 aromatic rings. The first-order valence-corrected chi connectivity index (χ1v) is 12.1. The van der Waals surface area contributed by atoms with Crippen LogP contribution in [0.2, 0.25) is 0 Å². The Labute approximate surface area is 180 Å². The lowest BCUT2D eigenvalue weighted by Crippen LogP contribution is -2.47. The highest BCUT2D eigenvalue weighted by Gasteiger charge is 2.29. The van der Waals surface area contributed by atoms with Crippen LogP contribution in [0, 0.1) is 5.92 Å². The van der Waals surface area contributed by atoms with Gasteiger partial charge in [-0.15, -0.1) is 0 Å². The SMILES string of the molecule is CN=C(NCc1ccccc1S(=O)(=O)N1CCN(C)CC1)N(C)CCOCC1CC1. The second kappa shape index (κ2) is 10.6. The number of sulfonamides is 1. The molecule has 2 fully saturated rings. The summed E-state index contributed by atoms with van der Waals surface area (Å²) in [6.07, 6.45) is 2.57. The third-order valence-electron chi connectivity index (χ3n) is 5.68. The summed E-state index contributed by atoms with van der Waals surface area (Å²) in [5, 5.41) is 3.30. The average Bonchev–Trinajstić information content (AvgIpc) is 3.57. The third-order valence-corrected chi connectivity index (χ3v) is 7.68. The molecule has 0 aromatic heterocycles. The molecule has 2 aliphatic rings. The number of nitrogens with zero attached hydrogens (tertiary/aromatic N) is 4. The molecule has 0 unspecified atom stereocenters. The molecule has 1 aromatic carbocycles. The summed E-state index contributed by atoms with van der Waals surface area (Å²) in [5.74, 6) is 1.48. The maximum absolute atomic E-state index is 13.2. The van der Waals surface area contributed by atoms with Gasteiger partial charge < -0.3 is 19.9 Å². The molecule has 9 heteroatoms. The Balaban J connectivity index is 1.59. The lowest BCUT2D eigenvalue weighted by atomic mass is 10.2. The van der Waals surface area contributed by atoms with Crippen LogP contribution in [0.3, 0.4) is 0 Å². The smallest absolute Gasteiger partial charge is 0.243 e. The molecule has 8 nitrogen and oxygen atoms in total. The fourth-order valence-electron chi connectivity index (χ4n) is 3.47. The number of likely N-dealkylation sites (N-methyl/N-ethyl adjacent to an activating group) is 2. The van der Waals surface area contributed by atoms with Gasteiger partial charge in [-0.1, -0.05) is 18.2 Å². The lowest BCUT2D eigenvalue weighted by Gasteiger charge is -2.32. The fraction of sp³-hybridized carbons (Fsp3) is 0.667. The standard InChI is InChI=1S/C21H35N5O3S/c1-22-21(25(3)14-15-29-17-18-8-9-18)23-16-19-6-4-5-7-20(19)30(27,28)26-12-10-24(2)11-13-26/h4-7,18H,8-17H2,1-3H3,(H,22,23). The topological polar surface area (TPSA) is 77.5 Å². The van der Waals surface area contributed by atoms with E-state index in [-0.39, 0.29) is 0 Å². The number of rotatable bonds is 9. The van der Waals surface area contributed by atoms with E-state index >= 15 is 0 Å². The summed E-state index contributed by atoms with van der Waals surface area (Å²) in [5.41, 5.74) is 0.746. The van der Waals surface area contributed by atoms with E-state index in [1.54, 1.807) is 23.5 Å². The van der Waals surface area contributed by atoms with Crippen molar-refractivity contribution in [1.82, 2.24) is 19.4 Å². The molecule has 3 rings (SSSR count). The molecule has 1 heterocycles. The van der Waals surface area contributed by atoms with Crippen molar-refractivity contribution in [2.75, 3.05) is 67.1 Å². The van der Waals surface area contributed by atoms with Gasteiger partial charge in [0.25, 0.3) is 0 Å². The lowest BCUT2D eigenvalue weighted by molar-refractivity contribution is 0.115. The zero-order valence-corrected chi connectivity index (χ0v) is 19.2. The Morgan fingerprint density at radius 3 is 2.60 bits per heavy atom. The number of nitrogens with one attached hydrogen (secondary N) is 1. The largest absolute Gasteiger partial charge is 0.379 e. The van der Waals surface area contributed by atoms with Crippen LogP contribution in [0.15, 0.2) is 34.2 Å². The summed E-state index contributed by atoms with van der Waals surface area (Å²) >= 11 is 0. The summed E-state index contributed by atoms with van der Waals surface area (Å²) in [7, 11) is 2.19. The number of ether oxygens (including phenoxy) is 1. The van der Waals surface area contributed by atoms with E-state index in [4.69, 9.17) is 4.74 Å². The predicted molar refractivity (Wildman–Crippen MR) is 119 cm³/mol.